The summed E-state index contributed by atoms with van der Waals surface area (Å²) in [5.41, 5.74) is 7.27. The quantitative estimate of drug-likeness (QED) is 0.592. The highest BCUT2D eigenvalue weighted by molar-refractivity contribution is 6.32. The van der Waals surface area contributed by atoms with Crippen molar-refractivity contribution in [2.24, 2.45) is 5.73 Å². The number of ether oxygens (including phenoxy) is 2. The molecule has 6 heteroatoms. The molecule has 164 valence electrons. The van der Waals surface area contributed by atoms with Crippen LogP contribution in [0.1, 0.15) is 57.1 Å². The zero-order valence-corrected chi connectivity index (χ0v) is 18.5. The maximum Gasteiger partial charge on any atom is 0.307 e. The second kappa shape index (κ2) is 12.5. The van der Waals surface area contributed by atoms with E-state index in [2.05, 4.69) is 0 Å². The van der Waals surface area contributed by atoms with Gasteiger partial charge in [-0.2, -0.15) is 0 Å². The van der Waals surface area contributed by atoms with E-state index >= 15 is 0 Å². The van der Waals surface area contributed by atoms with Gasteiger partial charge in [0.15, 0.2) is 0 Å². The van der Waals surface area contributed by atoms with Crippen molar-refractivity contribution in [1.82, 2.24) is 0 Å². The molecule has 0 amide bonds. The molecule has 0 radical (unpaired) electrons. The average molecular weight is 434 g/mol. The van der Waals surface area contributed by atoms with Crippen LogP contribution in [0.5, 0.6) is 11.5 Å². The summed E-state index contributed by atoms with van der Waals surface area (Å²) in [5, 5.41) is 9.18. The van der Waals surface area contributed by atoms with Crippen LogP contribution in [0.3, 0.4) is 0 Å². The third kappa shape index (κ3) is 9.06. The number of hydrogen-bond donors (Lipinski definition) is 2. The Morgan fingerprint density at radius 2 is 1.73 bits per heavy atom. The molecular weight excluding hydrogens is 402 g/mol. The third-order valence-electron chi connectivity index (χ3n) is 4.69. The Kier molecular flexibility index (Phi) is 9.98. The first-order chi connectivity index (χ1) is 14.3. The summed E-state index contributed by atoms with van der Waals surface area (Å²) in [6.07, 6.45) is 6.74. The molecular formula is C24H32ClNO4. The zero-order valence-electron chi connectivity index (χ0n) is 17.8. The van der Waals surface area contributed by atoms with Gasteiger partial charge in [0.25, 0.3) is 0 Å². The summed E-state index contributed by atoms with van der Waals surface area (Å²) in [7, 11) is 0. The fraction of sp³-hybridized carbons (Fsp3) is 0.458. The number of nitrogens with two attached hydrogens (primary N) is 1. The molecule has 30 heavy (non-hydrogen) atoms. The van der Waals surface area contributed by atoms with Crippen LogP contribution in [0.4, 0.5) is 0 Å². The van der Waals surface area contributed by atoms with Crippen LogP contribution in [-0.2, 0) is 17.8 Å². The minimum atomic E-state index is -0.890. The standard InChI is InChI=1S/C18H19ClO4.C6H13N/c1-12(2)23-15-6-3-13(4-7-15)11-22-17-8-5-14(9-16(17)19)10-18(20)21;7-6-4-2-1-3-5-6/h3-9,12H,10-11H2,1-2H3,(H,20,21);6H,1-5,7H2. The van der Waals surface area contributed by atoms with Gasteiger partial charge >= 0.3 is 5.97 Å². The van der Waals surface area contributed by atoms with E-state index in [9.17, 15) is 4.79 Å². The highest BCUT2D eigenvalue weighted by Crippen LogP contribution is 2.27. The lowest BCUT2D eigenvalue weighted by atomic mass is 9.97. The minimum absolute atomic E-state index is 0.0582. The van der Waals surface area contributed by atoms with E-state index < -0.39 is 5.97 Å². The summed E-state index contributed by atoms with van der Waals surface area (Å²) < 4.78 is 11.3. The molecule has 3 rings (SSSR count). The molecule has 0 saturated heterocycles. The number of carboxylic acid groups (broad SMARTS) is 1. The molecule has 1 aliphatic carbocycles. The van der Waals surface area contributed by atoms with Crippen LogP contribution in [-0.4, -0.2) is 23.2 Å². The van der Waals surface area contributed by atoms with Crippen molar-refractivity contribution >= 4 is 17.6 Å². The maximum absolute atomic E-state index is 10.7. The molecule has 1 fully saturated rings. The second-order valence-electron chi connectivity index (χ2n) is 7.83. The van der Waals surface area contributed by atoms with Gasteiger partial charge in [0, 0.05) is 6.04 Å². The van der Waals surface area contributed by atoms with Crippen LogP contribution in [0.2, 0.25) is 5.02 Å². The molecule has 1 aliphatic rings. The van der Waals surface area contributed by atoms with Gasteiger partial charge in [-0.25, -0.2) is 0 Å². The van der Waals surface area contributed by atoms with Gasteiger partial charge in [0.2, 0.25) is 0 Å². The Labute approximate surface area is 184 Å². The zero-order chi connectivity index (χ0) is 21.9. The van der Waals surface area contributed by atoms with Crippen LogP contribution in [0.25, 0.3) is 0 Å². The monoisotopic (exact) mass is 433 g/mol. The van der Waals surface area contributed by atoms with Crippen molar-refractivity contribution in [3.63, 3.8) is 0 Å². The Bertz CT molecular complexity index is 786. The predicted molar refractivity (Wildman–Crippen MR) is 120 cm³/mol. The lowest BCUT2D eigenvalue weighted by molar-refractivity contribution is -0.136. The predicted octanol–water partition coefficient (Wildman–Crippen LogP) is 5.61. The van der Waals surface area contributed by atoms with E-state index in [1.54, 1.807) is 18.2 Å². The van der Waals surface area contributed by atoms with E-state index in [0.717, 1.165) is 11.3 Å². The van der Waals surface area contributed by atoms with E-state index in [4.69, 9.17) is 31.9 Å². The summed E-state index contributed by atoms with van der Waals surface area (Å²) >= 11 is 6.12. The molecule has 0 atom stereocenters. The number of aliphatic carboxylic acids is 1. The molecule has 5 nitrogen and oxygen atoms in total. The van der Waals surface area contributed by atoms with Gasteiger partial charge in [-0.3, -0.25) is 4.79 Å². The second-order valence-corrected chi connectivity index (χ2v) is 8.24. The first-order valence-corrected chi connectivity index (χ1v) is 10.9. The number of carboxylic acids is 1. The normalized spacial score (nSPS) is 14.0. The molecule has 2 aromatic carbocycles. The minimum Gasteiger partial charge on any atom is -0.491 e. The van der Waals surface area contributed by atoms with Gasteiger partial charge in [0.05, 0.1) is 17.5 Å². The van der Waals surface area contributed by atoms with Gasteiger partial charge in [-0.1, -0.05) is 49.1 Å². The lowest BCUT2D eigenvalue weighted by Gasteiger charge is -2.15. The van der Waals surface area contributed by atoms with Gasteiger partial charge in [-0.05, 0) is 62.1 Å². The topological polar surface area (TPSA) is 81.8 Å². The van der Waals surface area contributed by atoms with E-state index in [0.29, 0.717) is 29.0 Å². The Hall–Kier alpha value is -2.24. The summed E-state index contributed by atoms with van der Waals surface area (Å²) in [4.78, 5) is 10.7. The largest absolute Gasteiger partial charge is 0.491 e. The first kappa shape index (κ1) is 24.0. The molecule has 0 aliphatic heterocycles. The average Bonchev–Trinajstić information content (AvgIpc) is 2.69. The Morgan fingerprint density at radius 1 is 1.10 bits per heavy atom. The number of halogens is 1. The van der Waals surface area contributed by atoms with Crippen molar-refractivity contribution in [2.45, 2.75) is 71.1 Å². The summed E-state index contributed by atoms with van der Waals surface area (Å²) in [6, 6.07) is 13.2. The van der Waals surface area contributed by atoms with Crippen molar-refractivity contribution in [2.75, 3.05) is 0 Å². The third-order valence-corrected chi connectivity index (χ3v) is 4.99. The Morgan fingerprint density at radius 3 is 2.23 bits per heavy atom. The van der Waals surface area contributed by atoms with Crippen molar-refractivity contribution in [3.05, 3.63) is 58.6 Å². The summed E-state index contributed by atoms with van der Waals surface area (Å²) in [6.45, 7) is 4.33. The molecule has 2 aromatic rings. The smallest absolute Gasteiger partial charge is 0.307 e. The highest BCUT2D eigenvalue weighted by atomic mass is 35.5. The van der Waals surface area contributed by atoms with Gasteiger partial charge < -0.3 is 20.3 Å². The molecule has 0 spiro atoms. The van der Waals surface area contributed by atoms with Crippen molar-refractivity contribution < 1.29 is 19.4 Å². The SMILES string of the molecule is CC(C)Oc1ccc(COc2ccc(CC(=O)O)cc2Cl)cc1.NC1CCCCC1. The number of hydrogen-bond acceptors (Lipinski definition) is 4. The summed E-state index contributed by atoms with van der Waals surface area (Å²) in [5.74, 6) is 0.460. The molecule has 0 bridgehead atoms. The molecule has 0 unspecified atom stereocenters. The molecule has 0 heterocycles. The lowest BCUT2D eigenvalue weighted by Crippen LogP contribution is -2.22. The molecule has 1 saturated carbocycles. The molecule has 0 aromatic heterocycles. The molecule has 3 N–H and O–H groups in total. The fourth-order valence-electron chi connectivity index (χ4n) is 3.18. The van der Waals surface area contributed by atoms with Crippen LogP contribution < -0.4 is 15.2 Å². The van der Waals surface area contributed by atoms with Gasteiger partial charge in [0.1, 0.15) is 18.1 Å². The van der Waals surface area contributed by atoms with Crippen molar-refractivity contribution in [3.8, 4) is 11.5 Å². The number of rotatable bonds is 7. The fourth-order valence-corrected chi connectivity index (χ4v) is 3.44. The van der Waals surface area contributed by atoms with Gasteiger partial charge in [-0.15, -0.1) is 0 Å². The van der Waals surface area contributed by atoms with Crippen LogP contribution in [0, 0.1) is 0 Å². The number of carbonyl (C=O) groups is 1. The first-order valence-electron chi connectivity index (χ1n) is 10.5. The van der Waals surface area contributed by atoms with Crippen LogP contribution in [0.15, 0.2) is 42.5 Å². The highest BCUT2D eigenvalue weighted by Gasteiger charge is 2.07. The maximum atomic E-state index is 10.7. The number of benzene rings is 2. The van der Waals surface area contributed by atoms with E-state index in [-0.39, 0.29) is 12.5 Å². The Balaban J connectivity index is 0.000000386. The van der Waals surface area contributed by atoms with Crippen molar-refractivity contribution in [1.29, 1.82) is 0 Å². The van der Waals surface area contributed by atoms with E-state index in [1.165, 1.54) is 32.1 Å². The van der Waals surface area contributed by atoms with E-state index in [1.807, 2.05) is 38.1 Å². The van der Waals surface area contributed by atoms with Crippen LogP contribution >= 0.6 is 11.6 Å².